The van der Waals surface area contributed by atoms with Crippen LogP contribution in [0.3, 0.4) is 0 Å². The van der Waals surface area contributed by atoms with Crippen molar-refractivity contribution in [3.05, 3.63) is 12.2 Å². The molecule has 0 aliphatic carbocycles. The summed E-state index contributed by atoms with van der Waals surface area (Å²) in [4.78, 5) is 0. The van der Waals surface area contributed by atoms with Gasteiger partial charge in [0.1, 0.15) is 6.17 Å². The fraction of sp³-hybridized carbons (Fsp3) is 0.833. The van der Waals surface area contributed by atoms with Crippen molar-refractivity contribution in [2.75, 3.05) is 0 Å². The van der Waals surface area contributed by atoms with Crippen LogP contribution in [0, 0.1) is 5.92 Å². The van der Waals surface area contributed by atoms with E-state index in [1.807, 2.05) is 6.92 Å². The number of alkyl halides is 1. The van der Waals surface area contributed by atoms with E-state index in [1.165, 1.54) is 0 Å². The maximum absolute atomic E-state index is 12.9. The molecule has 0 amide bonds. The first-order chi connectivity index (χ1) is 6.20. The summed E-state index contributed by atoms with van der Waals surface area (Å²) in [6.45, 7) is 6.19. The highest BCUT2D eigenvalue weighted by Gasteiger charge is 2.08. The molecule has 0 saturated carbocycles. The zero-order chi connectivity index (χ0) is 10.1. The number of halogens is 1. The van der Waals surface area contributed by atoms with Crippen LogP contribution in [0.15, 0.2) is 12.2 Å². The summed E-state index contributed by atoms with van der Waals surface area (Å²) < 4.78 is 12.9. The van der Waals surface area contributed by atoms with Gasteiger partial charge in [-0.15, -0.1) is 0 Å². The average molecular weight is 186 g/mol. The first-order valence-corrected chi connectivity index (χ1v) is 5.49. The van der Waals surface area contributed by atoms with E-state index in [1.54, 1.807) is 0 Å². The minimum Gasteiger partial charge on any atom is -0.247 e. The smallest absolute Gasteiger partial charge is 0.100 e. The molecule has 0 aliphatic rings. The number of rotatable bonds is 7. The second-order valence-electron chi connectivity index (χ2n) is 3.80. The molecule has 0 heterocycles. The Kier molecular flexibility index (Phi) is 8.07. The van der Waals surface area contributed by atoms with Crippen LogP contribution in [-0.4, -0.2) is 6.17 Å². The zero-order valence-electron chi connectivity index (χ0n) is 9.22. The third-order valence-electron chi connectivity index (χ3n) is 2.33. The molecule has 0 rings (SSSR count). The number of allylic oxidation sites excluding steroid dienone is 2. The van der Waals surface area contributed by atoms with E-state index in [4.69, 9.17) is 0 Å². The van der Waals surface area contributed by atoms with Gasteiger partial charge in [0.05, 0.1) is 0 Å². The standard InChI is InChI=1S/C12H23F/c1-4-6-7-8-9-11(3)10-12(13)5-2/h6-7,11-12H,4-5,8-10H2,1-3H3. The number of hydrogen-bond donors (Lipinski definition) is 0. The molecule has 0 fully saturated rings. The molecule has 2 unspecified atom stereocenters. The second kappa shape index (κ2) is 8.28. The Morgan fingerprint density at radius 3 is 2.46 bits per heavy atom. The molecule has 0 spiro atoms. The maximum Gasteiger partial charge on any atom is 0.100 e. The molecule has 78 valence electrons. The van der Waals surface area contributed by atoms with Crippen molar-refractivity contribution in [1.82, 2.24) is 0 Å². The van der Waals surface area contributed by atoms with Crippen LogP contribution < -0.4 is 0 Å². The Morgan fingerprint density at radius 2 is 1.92 bits per heavy atom. The Hall–Kier alpha value is -0.330. The van der Waals surface area contributed by atoms with Crippen LogP contribution in [0.5, 0.6) is 0 Å². The summed E-state index contributed by atoms with van der Waals surface area (Å²) in [5.41, 5.74) is 0. The molecule has 0 aromatic carbocycles. The van der Waals surface area contributed by atoms with Crippen LogP contribution >= 0.6 is 0 Å². The predicted molar refractivity (Wildman–Crippen MR) is 57.6 cm³/mol. The third-order valence-corrected chi connectivity index (χ3v) is 2.33. The second-order valence-corrected chi connectivity index (χ2v) is 3.80. The van der Waals surface area contributed by atoms with Crippen molar-refractivity contribution in [1.29, 1.82) is 0 Å². The number of hydrogen-bond acceptors (Lipinski definition) is 0. The van der Waals surface area contributed by atoms with E-state index in [-0.39, 0.29) is 0 Å². The van der Waals surface area contributed by atoms with E-state index < -0.39 is 6.17 Å². The normalized spacial score (nSPS) is 16.3. The summed E-state index contributed by atoms with van der Waals surface area (Å²) >= 11 is 0. The van der Waals surface area contributed by atoms with E-state index in [0.717, 1.165) is 25.7 Å². The Morgan fingerprint density at radius 1 is 1.23 bits per heavy atom. The maximum atomic E-state index is 12.9. The van der Waals surface area contributed by atoms with Crippen LogP contribution in [0.2, 0.25) is 0 Å². The summed E-state index contributed by atoms with van der Waals surface area (Å²) in [5.74, 6) is 0.524. The molecule has 13 heavy (non-hydrogen) atoms. The predicted octanol–water partition coefficient (Wildman–Crippen LogP) is 4.51. The lowest BCUT2D eigenvalue weighted by molar-refractivity contribution is 0.263. The molecule has 0 saturated heterocycles. The van der Waals surface area contributed by atoms with Crippen molar-refractivity contribution in [3.63, 3.8) is 0 Å². The average Bonchev–Trinajstić information content (AvgIpc) is 2.12. The molecule has 1 heteroatoms. The van der Waals surface area contributed by atoms with Crippen LogP contribution in [0.4, 0.5) is 4.39 Å². The molecule has 2 atom stereocenters. The van der Waals surface area contributed by atoms with Gasteiger partial charge in [0.15, 0.2) is 0 Å². The van der Waals surface area contributed by atoms with Crippen molar-refractivity contribution < 1.29 is 4.39 Å². The lowest BCUT2D eigenvalue weighted by Gasteiger charge is -2.11. The molecule has 0 radical (unpaired) electrons. The van der Waals surface area contributed by atoms with Crippen LogP contribution in [0.25, 0.3) is 0 Å². The lowest BCUT2D eigenvalue weighted by atomic mass is 9.98. The van der Waals surface area contributed by atoms with Crippen molar-refractivity contribution in [3.8, 4) is 0 Å². The van der Waals surface area contributed by atoms with Gasteiger partial charge < -0.3 is 0 Å². The fourth-order valence-electron chi connectivity index (χ4n) is 1.39. The Bertz CT molecular complexity index is 129. The monoisotopic (exact) mass is 186 g/mol. The zero-order valence-corrected chi connectivity index (χ0v) is 9.22. The van der Waals surface area contributed by atoms with Gasteiger partial charge in [-0.2, -0.15) is 0 Å². The summed E-state index contributed by atoms with van der Waals surface area (Å²) in [6.07, 6.45) is 8.52. The summed E-state index contributed by atoms with van der Waals surface area (Å²) in [5, 5.41) is 0. The van der Waals surface area contributed by atoms with Gasteiger partial charge in [0.25, 0.3) is 0 Å². The first-order valence-electron chi connectivity index (χ1n) is 5.49. The van der Waals surface area contributed by atoms with Gasteiger partial charge in [-0.1, -0.05) is 32.9 Å². The van der Waals surface area contributed by atoms with Gasteiger partial charge in [-0.05, 0) is 38.0 Å². The van der Waals surface area contributed by atoms with Gasteiger partial charge >= 0.3 is 0 Å². The Labute approximate surface area is 82.2 Å². The van der Waals surface area contributed by atoms with Crippen molar-refractivity contribution >= 4 is 0 Å². The topological polar surface area (TPSA) is 0 Å². The third kappa shape index (κ3) is 8.01. The van der Waals surface area contributed by atoms with Gasteiger partial charge in [0.2, 0.25) is 0 Å². The van der Waals surface area contributed by atoms with Gasteiger partial charge in [-0.25, -0.2) is 4.39 Å². The van der Waals surface area contributed by atoms with Crippen molar-refractivity contribution in [2.45, 2.75) is 59.0 Å². The van der Waals surface area contributed by atoms with Crippen LogP contribution in [-0.2, 0) is 0 Å². The van der Waals surface area contributed by atoms with Crippen molar-refractivity contribution in [2.24, 2.45) is 5.92 Å². The Balaban J connectivity index is 3.39. The molecular formula is C12H23F. The summed E-state index contributed by atoms with van der Waals surface area (Å²) in [6, 6.07) is 0. The summed E-state index contributed by atoms with van der Waals surface area (Å²) in [7, 11) is 0. The van der Waals surface area contributed by atoms with E-state index in [0.29, 0.717) is 12.3 Å². The highest BCUT2D eigenvalue weighted by atomic mass is 19.1. The lowest BCUT2D eigenvalue weighted by Crippen LogP contribution is -2.05. The van der Waals surface area contributed by atoms with Crippen LogP contribution in [0.1, 0.15) is 52.9 Å². The molecule has 0 nitrogen and oxygen atoms in total. The first kappa shape index (κ1) is 12.7. The minimum atomic E-state index is -0.592. The molecule has 0 aromatic heterocycles. The van der Waals surface area contributed by atoms with E-state index >= 15 is 0 Å². The molecule has 0 aliphatic heterocycles. The SMILES string of the molecule is CCC=CCCC(C)CC(F)CC. The highest BCUT2D eigenvalue weighted by molar-refractivity contribution is 4.80. The largest absolute Gasteiger partial charge is 0.247 e. The quantitative estimate of drug-likeness (QED) is 0.513. The molecule has 0 aromatic rings. The molecule has 0 bridgehead atoms. The van der Waals surface area contributed by atoms with Gasteiger partial charge in [-0.3, -0.25) is 0 Å². The van der Waals surface area contributed by atoms with Gasteiger partial charge in [0, 0.05) is 0 Å². The minimum absolute atomic E-state index is 0.524. The molecular weight excluding hydrogens is 163 g/mol. The van der Waals surface area contributed by atoms with E-state index in [2.05, 4.69) is 26.0 Å². The highest BCUT2D eigenvalue weighted by Crippen LogP contribution is 2.16. The molecule has 0 N–H and O–H groups in total. The van der Waals surface area contributed by atoms with E-state index in [9.17, 15) is 4.39 Å². The fourth-order valence-corrected chi connectivity index (χ4v) is 1.39.